The van der Waals surface area contributed by atoms with Crippen molar-refractivity contribution in [1.29, 1.82) is 0 Å². The number of nitrogens with zero attached hydrogens (tertiary/aromatic N) is 1. The number of unbranched alkanes of at least 4 members (excludes halogenated alkanes) is 1. The van der Waals surface area contributed by atoms with Crippen LogP contribution in [0.4, 0.5) is 0 Å². The fourth-order valence-electron chi connectivity index (χ4n) is 2.46. The van der Waals surface area contributed by atoms with Gasteiger partial charge in [-0.3, -0.25) is 4.79 Å². The topological polar surface area (TPSA) is 20.3 Å². The normalized spacial score (nSPS) is 19.9. The molecular weight excluding hydrogens is 222 g/mol. The number of hydrogen-bond acceptors (Lipinski definition) is 2. The van der Waals surface area contributed by atoms with Crippen LogP contribution in [-0.2, 0) is 4.79 Å². The van der Waals surface area contributed by atoms with Gasteiger partial charge in [0.1, 0.15) is 0 Å². The Balaban J connectivity index is 2.30. The molecule has 0 saturated heterocycles. The van der Waals surface area contributed by atoms with Crippen molar-refractivity contribution >= 4 is 11.5 Å². The summed E-state index contributed by atoms with van der Waals surface area (Å²) in [7, 11) is 0. The van der Waals surface area contributed by atoms with E-state index in [0.29, 0.717) is 12.5 Å². The van der Waals surface area contributed by atoms with Crippen LogP contribution in [0.3, 0.4) is 0 Å². The molecule has 0 amide bonds. The van der Waals surface area contributed by atoms with Crippen molar-refractivity contribution in [3.8, 4) is 0 Å². The van der Waals surface area contributed by atoms with E-state index >= 15 is 0 Å². The molecule has 0 radical (unpaired) electrons. The lowest BCUT2D eigenvalue weighted by molar-refractivity contribution is -0.116. The molecule has 1 unspecified atom stereocenters. The van der Waals surface area contributed by atoms with Gasteiger partial charge in [-0.1, -0.05) is 43.7 Å². The Kier molecular flexibility index (Phi) is 4.19. The van der Waals surface area contributed by atoms with Crippen molar-refractivity contribution in [3.63, 3.8) is 0 Å². The van der Waals surface area contributed by atoms with E-state index in [2.05, 4.69) is 30.9 Å². The Morgan fingerprint density at radius 2 is 2.00 bits per heavy atom. The maximum absolute atomic E-state index is 11.8. The maximum Gasteiger partial charge on any atom is 0.159 e. The average molecular weight is 243 g/mol. The van der Waals surface area contributed by atoms with E-state index < -0.39 is 0 Å². The Morgan fingerprint density at radius 1 is 1.28 bits per heavy atom. The zero-order valence-corrected chi connectivity index (χ0v) is 11.2. The van der Waals surface area contributed by atoms with Gasteiger partial charge < -0.3 is 4.90 Å². The predicted octanol–water partition coefficient (Wildman–Crippen LogP) is 3.49. The molecule has 0 bridgehead atoms. The highest BCUT2D eigenvalue weighted by molar-refractivity contribution is 5.98. The first-order valence-corrected chi connectivity index (χ1v) is 6.79. The van der Waals surface area contributed by atoms with Crippen molar-refractivity contribution in [2.45, 2.75) is 39.2 Å². The molecule has 0 fully saturated rings. The summed E-state index contributed by atoms with van der Waals surface area (Å²) in [5, 5.41) is 0. The minimum atomic E-state index is 0.245. The fourth-order valence-corrected chi connectivity index (χ4v) is 2.46. The first kappa shape index (κ1) is 12.9. The van der Waals surface area contributed by atoms with Crippen LogP contribution in [0, 0.1) is 0 Å². The van der Waals surface area contributed by atoms with Gasteiger partial charge in [0.2, 0.25) is 0 Å². The first-order valence-electron chi connectivity index (χ1n) is 6.79. The van der Waals surface area contributed by atoms with Crippen molar-refractivity contribution in [2.24, 2.45) is 0 Å². The van der Waals surface area contributed by atoms with Gasteiger partial charge in [-0.25, -0.2) is 0 Å². The number of carbonyl (C=O) groups is 1. The van der Waals surface area contributed by atoms with Crippen molar-refractivity contribution in [1.82, 2.24) is 4.90 Å². The largest absolute Gasteiger partial charge is 0.368 e. The third kappa shape index (κ3) is 2.81. The minimum absolute atomic E-state index is 0.245. The van der Waals surface area contributed by atoms with Crippen LogP contribution in [0.2, 0.25) is 0 Å². The number of rotatable bonds is 4. The number of carbonyl (C=O) groups excluding carboxylic acids is 1. The maximum atomic E-state index is 11.8. The Bertz CT molecular complexity index is 436. The van der Waals surface area contributed by atoms with Crippen LogP contribution in [0.25, 0.3) is 5.70 Å². The van der Waals surface area contributed by atoms with E-state index in [4.69, 9.17) is 0 Å². The molecule has 0 aliphatic carbocycles. The molecule has 1 aromatic carbocycles. The van der Waals surface area contributed by atoms with Crippen LogP contribution in [-0.4, -0.2) is 23.3 Å². The molecule has 2 heteroatoms. The summed E-state index contributed by atoms with van der Waals surface area (Å²) in [5.41, 5.74) is 2.24. The van der Waals surface area contributed by atoms with E-state index in [1.54, 1.807) is 0 Å². The van der Waals surface area contributed by atoms with Crippen molar-refractivity contribution in [2.75, 3.05) is 6.54 Å². The van der Waals surface area contributed by atoms with Gasteiger partial charge in [-0.2, -0.15) is 0 Å². The lowest BCUT2D eigenvalue weighted by Crippen LogP contribution is -2.37. The van der Waals surface area contributed by atoms with E-state index in [9.17, 15) is 4.79 Å². The first-order chi connectivity index (χ1) is 8.72. The van der Waals surface area contributed by atoms with E-state index in [1.807, 2.05) is 24.3 Å². The van der Waals surface area contributed by atoms with Crippen LogP contribution in [0.15, 0.2) is 36.4 Å². The number of allylic oxidation sites excluding steroid dienone is 1. The molecule has 1 aliphatic heterocycles. The summed E-state index contributed by atoms with van der Waals surface area (Å²) < 4.78 is 0. The van der Waals surface area contributed by atoms with Crippen LogP contribution >= 0.6 is 0 Å². The van der Waals surface area contributed by atoms with Gasteiger partial charge in [-0.05, 0) is 18.9 Å². The predicted molar refractivity (Wildman–Crippen MR) is 75.1 cm³/mol. The lowest BCUT2D eigenvalue weighted by atomic mass is 9.98. The third-order valence-corrected chi connectivity index (χ3v) is 3.46. The van der Waals surface area contributed by atoms with Gasteiger partial charge >= 0.3 is 0 Å². The molecule has 1 heterocycles. The summed E-state index contributed by atoms with van der Waals surface area (Å²) in [6, 6.07) is 10.5. The molecule has 18 heavy (non-hydrogen) atoms. The van der Waals surface area contributed by atoms with E-state index in [-0.39, 0.29) is 5.78 Å². The third-order valence-electron chi connectivity index (χ3n) is 3.46. The SMILES string of the molecule is CCCCN1C(c2ccccc2)=CC(=O)CC1C. The molecule has 1 aromatic rings. The summed E-state index contributed by atoms with van der Waals surface area (Å²) in [6.07, 6.45) is 4.80. The monoisotopic (exact) mass is 243 g/mol. The van der Waals surface area contributed by atoms with Gasteiger partial charge in [0.05, 0.1) is 0 Å². The van der Waals surface area contributed by atoms with Gasteiger partial charge in [0.25, 0.3) is 0 Å². The number of benzene rings is 1. The Hall–Kier alpha value is -1.57. The number of hydrogen-bond donors (Lipinski definition) is 0. The summed E-state index contributed by atoms with van der Waals surface area (Å²) in [4.78, 5) is 14.1. The molecule has 96 valence electrons. The van der Waals surface area contributed by atoms with Gasteiger partial charge in [0, 0.05) is 30.8 Å². The zero-order valence-electron chi connectivity index (χ0n) is 11.2. The van der Waals surface area contributed by atoms with Crippen molar-refractivity contribution in [3.05, 3.63) is 42.0 Å². The highest BCUT2D eigenvalue weighted by atomic mass is 16.1. The minimum Gasteiger partial charge on any atom is -0.368 e. The summed E-state index contributed by atoms with van der Waals surface area (Å²) in [5.74, 6) is 0.245. The average Bonchev–Trinajstić information content (AvgIpc) is 2.38. The molecule has 0 spiro atoms. The van der Waals surface area contributed by atoms with E-state index in [0.717, 1.165) is 17.8 Å². The van der Waals surface area contributed by atoms with E-state index in [1.165, 1.54) is 12.8 Å². The molecule has 1 aliphatic rings. The van der Waals surface area contributed by atoms with Crippen LogP contribution in [0.1, 0.15) is 38.7 Å². The molecular formula is C16H21NO. The van der Waals surface area contributed by atoms with Crippen LogP contribution in [0.5, 0.6) is 0 Å². The highest BCUT2D eigenvalue weighted by Crippen LogP contribution is 2.27. The fraction of sp³-hybridized carbons (Fsp3) is 0.438. The Labute approximate surface area is 109 Å². The van der Waals surface area contributed by atoms with Crippen molar-refractivity contribution < 1.29 is 4.79 Å². The summed E-state index contributed by atoms with van der Waals surface area (Å²) >= 11 is 0. The van der Waals surface area contributed by atoms with Crippen LogP contribution < -0.4 is 0 Å². The lowest BCUT2D eigenvalue weighted by Gasteiger charge is -2.36. The Morgan fingerprint density at radius 3 is 2.67 bits per heavy atom. The molecule has 1 atom stereocenters. The van der Waals surface area contributed by atoms with Gasteiger partial charge in [-0.15, -0.1) is 0 Å². The number of ketones is 1. The standard InChI is InChI=1S/C16H21NO/c1-3-4-10-17-13(2)11-15(18)12-16(17)14-8-6-5-7-9-14/h5-9,12-13H,3-4,10-11H2,1-2H3. The summed E-state index contributed by atoms with van der Waals surface area (Å²) in [6.45, 7) is 5.38. The second-order valence-corrected chi connectivity index (χ2v) is 4.96. The second-order valence-electron chi connectivity index (χ2n) is 4.96. The second kappa shape index (κ2) is 5.85. The van der Waals surface area contributed by atoms with Gasteiger partial charge in [0.15, 0.2) is 5.78 Å². The zero-order chi connectivity index (χ0) is 13.0. The molecule has 0 N–H and O–H groups in total. The smallest absolute Gasteiger partial charge is 0.159 e. The highest BCUT2D eigenvalue weighted by Gasteiger charge is 2.24. The quantitative estimate of drug-likeness (QED) is 0.806. The molecule has 2 nitrogen and oxygen atoms in total. The molecule has 0 aromatic heterocycles. The molecule has 0 saturated carbocycles. The molecule has 2 rings (SSSR count).